The van der Waals surface area contributed by atoms with Gasteiger partial charge in [0.2, 0.25) is 16.9 Å². The number of hydrogen-bond donors (Lipinski definition) is 7. The van der Waals surface area contributed by atoms with Crippen molar-refractivity contribution in [3.63, 3.8) is 0 Å². The van der Waals surface area contributed by atoms with E-state index in [9.17, 15) is 33.9 Å². The summed E-state index contributed by atoms with van der Waals surface area (Å²) >= 11 is 2.89. The van der Waals surface area contributed by atoms with E-state index in [0.29, 0.717) is 5.57 Å². The van der Waals surface area contributed by atoms with Crippen molar-refractivity contribution in [2.75, 3.05) is 17.2 Å². The topological polar surface area (TPSA) is 321 Å². The van der Waals surface area contributed by atoms with Crippen LogP contribution in [0.5, 0.6) is 0 Å². The van der Waals surface area contributed by atoms with Gasteiger partial charge >= 0.3 is 18.1 Å². The van der Waals surface area contributed by atoms with Crippen molar-refractivity contribution in [1.82, 2.24) is 45.1 Å². The molecule has 230 valence electrons. The van der Waals surface area contributed by atoms with Gasteiger partial charge in [-0.25, -0.2) is 14.5 Å². The molecule has 0 saturated carbocycles. The third-order valence-electron chi connectivity index (χ3n) is 5.64. The molecule has 21 nitrogen and oxygen atoms in total. The number of aromatic nitrogens is 6. The highest BCUT2D eigenvalue weighted by Crippen LogP contribution is 2.42. The highest BCUT2D eigenvalue weighted by Gasteiger charge is 2.54. The molecule has 0 bridgehead atoms. The van der Waals surface area contributed by atoms with Crippen LogP contribution in [0, 0.1) is 0 Å². The molecule has 0 spiro atoms. The van der Waals surface area contributed by atoms with Crippen molar-refractivity contribution < 1.29 is 48.8 Å². The number of carbonyl (C=O) groups excluding carboxylic acids is 3. The van der Waals surface area contributed by atoms with Crippen molar-refractivity contribution in [3.8, 4) is 0 Å². The number of carboxylic acids is 2. The molecule has 1 saturated heterocycles. The van der Waals surface area contributed by atoms with Gasteiger partial charge in [-0.05, 0) is 10.4 Å². The molecule has 1 fully saturated rings. The lowest BCUT2D eigenvalue weighted by Crippen LogP contribution is -2.70. The van der Waals surface area contributed by atoms with Gasteiger partial charge in [0.1, 0.15) is 24.0 Å². The number of aliphatic carboxylic acids is 2. The van der Waals surface area contributed by atoms with E-state index >= 15 is 0 Å². The number of thioether (sulfide) groups is 2. The second-order valence-corrected chi connectivity index (χ2v) is 11.4. The van der Waals surface area contributed by atoms with Gasteiger partial charge in [0.15, 0.2) is 17.0 Å². The SMILES string of the molecule is Nc1nc([C@H](NC(=O)C[C@@H](N)C(=O)O)C(=O)N[C@@H]2C(=O)N3C(OC(=O)O)=C(CSc4nnnn4CC(=O)O)CS[C@@H]23)ns1. The molecule has 2 aromatic heterocycles. The molecule has 4 atom stereocenters. The Kier molecular flexibility index (Phi) is 9.62. The van der Waals surface area contributed by atoms with Crippen molar-refractivity contribution in [3.05, 3.63) is 17.3 Å². The van der Waals surface area contributed by atoms with Gasteiger partial charge in [0.25, 0.3) is 11.8 Å². The summed E-state index contributed by atoms with van der Waals surface area (Å²) in [7, 11) is 0. The van der Waals surface area contributed by atoms with Crippen LogP contribution < -0.4 is 22.1 Å². The number of hydrogen-bond acceptors (Lipinski definition) is 17. The van der Waals surface area contributed by atoms with Crippen LogP contribution in [0.1, 0.15) is 18.3 Å². The number of nitrogen functional groups attached to an aromatic ring is 1. The number of ether oxygens (including phenoxy) is 1. The minimum atomic E-state index is -1.70. The highest BCUT2D eigenvalue weighted by molar-refractivity contribution is 8.01. The van der Waals surface area contributed by atoms with Crippen LogP contribution in [0.25, 0.3) is 0 Å². The molecule has 24 heteroatoms. The Bertz CT molecular complexity index is 1500. The van der Waals surface area contributed by atoms with Gasteiger partial charge in [-0.3, -0.25) is 28.9 Å². The fraction of sp³-hybridized carbons (Fsp3) is 0.421. The molecule has 0 unspecified atom stereocenters. The summed E-state index contributed by atoms with van der Waals surface area (Å²) < 4.78 is 9.86. The smallest absolute Gasteiger partial charge is 0.480 e. The number of nitrogens with zero attached hydrogens (tertiary/aromatic N) is 7. The summed E-state index contributed by atoms with van der Waals surface area (Å²) in [6, 6.07) is -4.29. The van der Waals surface area contributed by atoms with Crippen LogP contribution in [0.4, 0.5) is 9.93 Å². The van der Waals surface area contributed by atoms with E-state index in [1.807, 2.05) is 0 Å². The predicted octanol–water partition coefficient (Wildman–Crippen LogP) is -2.75. The fourth-order valence-electron chi connectivity index (χ4n) is 3.74. The lowest BCUT2D eigenvalue weighted by atomic mass is 10.1. The Morgan fingerprint density at radius 2 is 1.95 bits per heavy atom. The number of β-lactam (4-membered cyclic amide) rings is 1. The number of fused-ring (bicyclic) bond motifs is 1. The van der Waals surface area contributed by atoms with Gasteiger partial charge in [-0.1, -0.05) is 11.8 Å². The zero-order valence-corrected chi connectivity index (χ0v) is 23.8. The van der Waals surface area contributed by atoms with Crippen LogP contribution in [0.2, 0.25) is 0 Å². The standard InChI is InChI=1S/C19H21N11O10S3/c20-6(16(36)37)1-7(31)22-9(11-24-17(21)43-26-11)12(34)23-10-13(35)30-14(40-19(38)39)5(3-41-15(10)30)4-42-18-25-27-28-29(18)2-8(32)33/h6,9-10,15H,1-4,20H2,(H,22,31)(H,23,34)(H,32,33)(H,36,37)(H,38,39)(H2,21,24,26)/t6-,9+,10-,15+/m1/s1. The summed E-state index contributed by atoms with van der Waals surface area (Å²) in [6.45, 7) is -0.507. The Morgan fingerprint density at radius 3 is 2.58 bits per heavy atom. The number of nitrogens with two attached hydrogens (primary N) is 2. The van der Waals surface area contributed by atoms with Gasteiger partial charge in [-0.2, -0.15) is 4.37 Å². The maximum Gasteiger partial charge on any atom is 0.512 e. The molecule has 0 radical (unpaired) electrons. The Labute approximate surface area is 251 Å². The molecule has 9 N–H and O–H groups in total. The first kappa shape index (κ1) is 31.4. The Morgan fingerprint density at radius 1 is 1.21 bits per heavy atom. The van der Waals surface area contributed by atoms with Gasteiger partial charge < -0.3 is 42.2 Å². The van der Waals surface area contributed by atoms with Crippen molar-refractivity contribution in [2.24, 2.45) is 5.73 Å². The van der Waals surface area contributed by atoms with Gasteiger partial charge in [0, 0.05) is 28.6 Å². The number of rotatable bonds is 13. The first-order valence-corrected chi connectivity index (χ1v) is 14.5. The van der Waals surface area contributed by atoms with E-state index in [1.165, 1.54) is 11.8 Å². The number of nitrogens with one attached hydrogen (secondary N) is 2. The quantitative estimate of drug-likeness (QED) is 0.0650. The number of anilines is 1. The number of carboxylic acid groups (broad SMARTS) is 3. The normalized spacial score (nSPS) is 19.1. The lowest BCUT2D eigenvalue weighted by molar-refractivity contribution is -0.149. The second kappa shape index (κ2) is 13.2. The zero-order chi connectivity index (χ0) is 31.4. The molecule has 2 aromatic rings. The maximum atomic E-state index is 13.2. The Hall–Kier alpha value is -4.55. The number of amides is 3. The Balaban J connectivity index is 1.48. The van der Waals surface area contributed by atoms with Crippen molar-refractivity contribution in [2.45, 2.75) is 41.6 Å². The maximum absolute atomic E-state index is 13.2. The molecule has 2 aliphatic rings. The molecule has 4 rings (SSSR count). The van der Waals surface area contributed by atoms with Crippen molar-refractivity contribution in [1.29, 1.82) is 0 Å². The van der Waals surface area contributed by atoms with E-state index in [0.717, 1.165) is 32.9 Å². The predicted molar refractivity (Wildman–Crippen MR) is 143 cm³/mol. The first-order valence-electron chi connectivity index (χ1n) is 11.7. The minimum Gasteiger partial charge on any atom is -0.480 e. The minimum absolute atomic E-state index is 0.0268. The van der Waals surface area contributed by atoms with Crippen molar-refractivity contribution >= 4 is 76.0 Å². The lowest BCUT2D eigenvalue weighted by Gasteiger charge is -2.49. The molecule has 0 aliphatic carbocycles. The molecule has 0 aromatic carbocycles. The molecule has 3 amide bonds. The summed E-state index contributed by atoms with van der Waals surface area (Å²) in [6.07, 6.45) is -2.37. The fourth-order valence-corrected chi connectivity index (χ4v) is 6.54. The average molecular weight is 660 g/mol. The first-order chi connectivity index (χ1) is 20.3. The van der Waals surface area contributed by atoms with Gasteiger partial charge in [0.05, 0.1) is 6.42 Å². The van der Waals surface area contributed by atoms with Crippen LogP contribution in [0.3, 0.4) is 0 Å². The molecular weight excluding hydrogens is 638 g/mol. The van der Waals surface area contributed by atoms with E-state index in [2.05, 4.69) is 35.5 Å². The average Bonchev–Trinajstić information content (AvgIpc) is 3.56. The second-order valence-electron chi connectivity index (χ2n) is 8.61. The zero-order valence-electron chi connectivity index (χ0n) is 21.3. The summed E-state index contributed by atoms with van der Waals surface area (Å²) in [4.78, 5) is 77.2. The number of carbonyl (C=O) groups is 6. The van der Waals surface area contributed by atoms with Crippen LogP contribution >= 0.6 is 35.1 Å². The monoisotopic (exact) mass is 659 g/mol. The van der Waals surface area contributed by atoms with Gasteiger partial charge in [-0.15, -0.1) is 16.9 Å². The van der Waals surface area contributed by atoms with E-state index in [1.54, 1.807) is 0 Å². The molecule has 43 heavy (non-hydrogen) atoms. The van der Waals surface area contributed by atoms with E-state index in [-0.39, 0.29) is 33.5 Å². The summed E-state index contributed by atoms with van der Waals surface area (Å²) in [5.74, 6) is -5.50. The summed E-state index contributed by atoms with van der Waals surface area (Å²) in [5.41, 5.74) is 11.4. The number of tetrazole rings is 1. The van der Waals surface area contributed by atoms with Crippen LogP contribution in [0.15, 0.2) is 16.6 Å². The van der Waals surface area contributed by atoms with Crippen LogP contribution in [-0.2, 0) is 35.3 Å². The van der Waals surface area contributed by atoms with E-state index in [4.69, 9.17) is 26.4 Å². The highest BCUT2D eigenvalue weighted by atomic mass is 32.2. The summed E-state index contributed by atoms with van der Waals surface area (Å²) in [5, 5.41) is 42.1. The largest absolute Gasteiger partial charge is 0.512 e. The van der Waals surface area contributed by atoms with E-state index < -0.39 is 72.3 Å². The molecular formula is C19H21N11O10S3. The van der Waals surface area contributed by atoms with Crippen LogP contribution in [-0.4, -0.2) is 115 Å². The third-order valence-corrected chi connectivity index (χ3v) is 8.58. The molecule has 2 aliphatic heterocycles. The molecule has 4 heterocycles. The third kappa shape index (κ3) is 7.27.